The highest BCUT2D eigenvalue weighted by atomic mass is 32.2. The van der Waals surface area contributed by atoms with Crippen molar-refractivity contribution in [2.45, 2.75) is 37.5 Å². The van der Waals surface area contributed by atoms with Gasteiger partial charge in [0.15, 0.2) is 9.84 Å². The van der Waals surface area contributed by atoms with Gasteiger partial charge in [0.05, 0.1) is 36.3 Å². The average Bonchev–Trinajstić information content (AvgIpc) is 2.60. The van der Waals surface area contributed by atoms with Crippen molar-refractivity contribution in [3.05, 3.63) is 0 Å². The van der Waals surface area contributed by atoms with E-state index in [0.717, 1.165) is 0 Å². The molecule has 0 saturated carbocycles. The highest BCUT2D eigenvalue weighted by Crippen LogP contribution is 2.23. The summed E-state index contributed by atoms with van der Waals surface area (Å²) in [6, 6.07) is 0. The standard InChI is InChI=1S/C12H21NO5S2/c1-9(6-11(15)18-3)19-7-10(14)13-12(2)4-5-20(16,17)8-12/h9H,4-8H2,1-3H3,(H,13,14). The second-order valence-corrected chi connectivity index (χ2v) is 8.96. The molecule has 1 heterocycles. The molecule has 2 unspecified atom stereocenters. The molecule has 1 amide bonds. The molecule has 20 heavy (non-hydrogen) atoms. The van der Waals surface area contributed by atoms with Crippen molar-refractivity contribution in [2.24, 2.45) is 0 Å². The summed E-state index contributed by atoms with van der Waals surface area (Å²) >= 11 is 1.35. The minimum absolute atomic E-state index is 0.00583. The van der Waals surface area contributed by atoms with Gasteiger partial charge in [-0.2, -0.15) is 0 Å². The molecule has 1 aliphatic heterocycles. The smallest absolute Gasteiger partial charge is 0.306 e. The maximum absolute atomic E-state index is 11.8. The Bertz CT molecular complexity index is 476. The maximum atomic E-state index is 11.8. The summed E-state index contributed by atoms with van der Waals surface area (Å²) in [5, 5.41) is 2.76. The summed E-state index contributed by atoms with van der Waals surface area (Å²) in [6.07, 6.45) is 0.698. The van der Waals surface area contributed by atoms with Gasteiger partial charge in [0.2, 0.25) is 5.91 Å². The van der Waals surface area contributed by atoms with E-state index in [1.165, 1.54) is 18.9 Å². The number of hydrogen-bond donors (Lipinski definition) is 1. The molecule has 0 aromatic carbocycles. The molecule has 6 nitrogen and oxygen atoms in total. The van der Waals surface area contributed by atoms with E-state index >= 15 is 0 Å². The van der Waals surface area contributed by atoms with Crippen LogP contribution in [0, 0.1) is 0 Å². The summed E-state index contributed by atoms with van der Waals surface area (Å²) in [6.45, 7) is 3.59. The lowest BCUT2D eigenvalue weighted by Crippen LogP contribution is -2.47. The summed E-state index contributed by atoms with van der Waals surface area (Å²) < 4.78 is 27.4. The number of thioether (sulfide) groups is 1. The first-order valence-corrected chi connectivity index (χ1v) is 9.23. The SMILES string of the molecule is COC(=O)CC(C)SCC(=O)NC1(C)CCS(=O)(=O)C1. The predicted octanol–water partition coefficient (Wildman–Crippen LogP) is 0.365. The molecule has 0 bridgehead atoms. The van der Waals surface area contributed by atoms with E-state index in [9.17, 15) is 18.0 Å². The average molecular weight is 323 g/mol. The van der Waals surface area contributed by atoms with Gasteiger partial charge in [-0.3, -0.25) is 9.59 Å². The molecular formula is C12H21NO5S2. The minimum atomic E-state index is -3.03. The fourth-order valence-corrected chi connectivity index (χ4v) is 4.93. The molecular weight excluding hydrogens is 302 g/mol. The number of sulfone groups is 1. The van der Waals surface area contributed by atoms with Gasteiger partial charge in [-0.25, -0.2) is 8.42 Å². The molecule has 1 fully saturated rings. The zero-order valence-electron chi connectivity index (χ0n) is 12.0. The molecule has 0 radical (unpaired) electrons. The Labute approximate surface area is 123 Å². The molecule has 1 rings (SSSR count). The van der Waals surface area contributed by atoms with Crippen LogP contribution in [-0.2, 0) is 24.2 Å². The van der Waals surface area contributed by atoms with Crippen LogP contribution in [-0.4, -0.2) is 55.5 Å². The van der Waals surface area contributed by atoms with Gasteiger partial charge in [-0.15, -0.1) is 11.8 Å². The summed E-state index contributed by atoms with van der Waals surface area (Å²) in [5.74, 6) is -0.192. The highest BCUT2D eigenvalue weighted by molar-refractivity contribution is 8.00. The van der Waals surface area contributed by atoms with Gasteiger partial charge in [0.25, 0.3) is 0 Å². The number of rotatable bonds is 6. The third-order valence-electron chi connectivity index (χ3n) is 3.13. The Balaban J connectivity index is 2.36. The van der Waals surface area contributed by atoms with Crippen molar-refractivity contribution in [1.82, 2.24) is 5.32 Å². The van der Waals surface area contributed by atoms with Crippen molar-refractivity contribution in [3.63, 3.8) is 0 Å². The molecule has 1 saturated heterocycles. The minimum Gasteiger partial charge on any atom is -0.469 e. The van der Waals surface area contributed by atoms with E-state index in [-0.39, 0.29) is 40.8 Å². The maximum Gasteiger partial charge on any atom is 0.306 e. The quantitative estimate of drug-likeness (QED) is 0.710. The Hall–Kier alpha value is -0.760. The number of carbonyl (C=O) groups excluding carboxylic acids is 2. The molecule has 0 aliphatic carbocycles. The number of amides is 1. The third-order valence-corrected chi connectivity index (χ3v) is 6.19. The van der Waals surface area contributed by atoms with E-state index in [4.69, 9.17) is 0 Å². The Morgan fingerprint density at radius 1 is 1.45 bits per heavy atom. The van der Waals surface area contributed by atoms with E-state index in [0.29, 0.717) is 6.42 Å². The van der Waals surface area contributed by atoms with E-state index in [1.807, 2.05) is 6.92 Å². The normalized spacial score (nSPS) is 25.9. The Morgan fingerprint density at radius 3 is 2.60 bits per heavy atom. The first kappa shape index (κ1) is 17.3. The summed E-state index contributed by atoms with van der Waals surface area (Å²) in [4.78, 5) is 22.9. The van der Waals surface area contributed by atoms with Crippen LogP contribution in [0.5, 0.6) is 0 Å². The van der Waals surface area contributed by atoms with Crippen LogP contribution in [0.1, 0.15) is 26.7 Å². The van der Waals surface area contributed by atoms with Gasteiger partial charge < -0.3 is 10.1 Å². The topological polar surface area (TPSA) is 89.5 Å². The van der Waals surface area contributed by atoms with Crippen LogP contribution in [0.4, 0.5) is 0 Å². The van der Waals surface area contributed by atoms with Crippen LogP contribution in [0.15, 0.2) is 0 Å². The molecule has 0 aromatic rings. The lowest BCUT2D eigenvalue weighted by Gasteiger charge is -2.24. The highest BCUT2D eigenvalue weighted by Gasteiger charge is 2.39. The van der Waals surface area contributed by atoms with Gasteiger partial charge >= 0.3 is 5.97 Å². The van der Waals surface area contributed by atoms with Gasteiger partial charge in [-0.05, 0) is 13.3 Å². The molecule has 0 aromatic heterocycles. The molecule has 1 aliphatic rings. The van der Waals surface area contributed by atoms with Crippen molar-refractivity contribution < 1.29 is 22.7 Å². The number of ether oxygens (including phenoxy) is 1. The van der Waals surface area contributed by atoms with E-state index in [2.05, 4.69) is 10.1 Å². The Morgan fingerprint density at radius 2 is 2.10 bits per heavy atom. The largest absolute Gasteiger partial charge is 0.469 e. The van der Waals surface area contributed by atoms with Crippen LogP contribution in [0.25, 0.3) is 0 Å². The first-order chi connectivity index (χ1) is 9.16. The van der Waals surface area contributed by atoms with Crippen LogP contribution < -0.4 is 5.32 Å². The summed E-state index contributed by atoms with van der Waals surface area (Å²) in [5.41, 5.74) is -0.665. The lowest BCUT2D eigenvalue weighted by atomic mass is 10.0. The zero-order valence-corrected chi connectivity index (χ0v) is 13.6. The number of esters is 1. The van der Waals surface area contributed by atoms with E-state index < -0.39 is 15.4 Å². The van der Waals surface area contributed by atoms with Gasteiger partial charge in [-0.1, -0.05) is 6.92 Å². The second kappa shape index (κ2) is 6.80. The van der Waals surface area contributed by atoms with Gasteiger partial charge in [0, 0.05) is 5.25 Å². The summed E-state index contributed by atoms with van der Waals surface area (Å²) in [7, 11) is -1.71. The Kier molecular flexibility index (Phi) is 5.88. The first-order valence-electron chi connectivity index (χ1n) is 6.36. The molecule has 116 valence electrons. The lowest BCUT2D eigenvalue weighted by molar-refractivity contribution is -0.140. The second-order valence-electron chi connectivity index (χ2n) is 5.35. The van der Waals surface area contributed by atoms with E-state index in [1.54, 1.807) is 6.92 Å². The van der Waals surface area contributed by atoms with Crippen molar-refractivity contribution in [1.29, 1.82) is 0 Å². The predicted molar refractivity (Wildman–Crippen MR) is 78.4 cm³/mol. The zero-order chi connectivity index (χ0) is 15.4. The molecule has 0 spiro atoms. The van der Waals surface area contributed by atoms with Crippen LogP contribution in [0.2, 0.25) is 0 Å². The number of carbonyl (C=O) groups is 2. The van der Waals surface area contributed by atoms with Crippen LogP contribution >= 0.6 is 11.8 Å². The van der Waals surface area contributed by atoms with Crippen molar-refractivity contribution >= 4 is 33.5 Å². The molecule has 1 N–H and O–H groups in total. The number of hydrogen-bond acceptors (Lipinski definition) is 6. The third kappa shape index (κ3) is 5.70. The van der Waals surface area contributed by atoms with Crippen molar-refractivity contribution in [3.8, 4) is 0 Å². The number of nitrogens with one attached hydrogen (secondary N) is 1. The fraction of sp³-hybridized carbons (Fsp3) is 0.833. The fourth-order valence-electron chi connectivity index (χ4n) is 2.08. The van der Waals surface area contributed by atoms with Crippen molar-refractivity contribution in [2.75, 3.05) is 24.4 Å². The van der Waals surface area contributed by atoms with Gasteiger partial charge in [0.1, 0.15) is 0 Å². The molecule has 2 atom stereocenters. The molecule has 8 heteroatoms. The van der Waals surface area contributed by atoms with Crippen LogP contribution in [0.3, 0.4) is 0 Å². The number of methoxy groups -OCH3 is 1. The monoisotopic (exact) mass is 323 g/mol.